The van der Waals surface area contributed by atoms with Crippen LogP contribution in [0.5, 0.6) is 11.5 Å². The molecule has 0 aromatic heterocycles. The van der Waals surface area contributed by atoms with Crippen molar-refractivity contribution in [2.45, 2.75) is 6.92 Å². The lowest BCUT2D eigenvalue weighted by Crippen LogP contribution is -2.13. The molecule has 1 aliphatic heterocycles. The second-order valence-corrected chi connectivity index (χ2v) is 6.51. The average Bonchev–Trinajstić information content (AvgIpc) is 3.06. The van der Waals surface area contributed by atoms with Crippen LogP contribution in [0.2, 0.25) is 5.02 Å². The first kappa shape index (κ1) is 20.4. The number of carbonyl (C=O) groups is 2. The van der Waals surface area contributed by atoms with E-state index in [1.54, 1.807) is 12.1 Å². The van der Waals surface area contributed by atoms with Crippen molar-refractivity contribution >= 4 is 35.5 Å². The van der Waals surface area contributed by atoms with Crippen LogP contribution in [0.25, 0.3) is 6.08 Å². The normalized spacial score (nSPS) is 14.4. The third-order valence-electron chi connectivity index (χ3n) is 4.00. The van der Waals surface area contributed by atoms with Gasteiger partial charge in [0.15, 0.2) is 23.8 Å². The monoisotopic (exact) mass is 415 g/mol. The summed E-state index contributed by atoms with van der Waals surface area (Å²) in [5, 5.41) is 0.203. The molecule has 3 rings (SSSR count). The molecular weight excluding hydrogens is 398 g/mol. The van der Waals surface area contributed by atoms with Crippen LogP contribution in [0.15, 0.2) is 47.1 Å². The fourth-order valence-electron chi connectivity index (χ4n) is 2.62. The number of aryl methyl sites for hydroxylation is 1. The Bertz CT molecular complexity index is 1030. The van der Waals surface area contributed by atoms with E-state index in [2.05, 4.69) is 9.73 Å². The second-order valence-electron chi connectivity index (χ2n) is 6.10. The topological polar surface area (TPSA) is 83.4 Å². The second kappa shape index (κ2) is 8.79. The summed E-state index contributed by atoms with van der Waals surface area (Å²) < 4.78 is 20.5. The van der Waals surface area contributed by atoms with E-state index in [9.17, 15) is 9.59 Å². The number of cyclic esters (lactones) is 1. The Kier molecular flexibility index (Phi) is 6.19. The third kappa shape index (κ3) is 4.75. The van der Waals surface area contributed by atoms with Crippen molar-refractivity contribution in [1.29, 1.82) is 0 Å². The first-order chi connectivity index (χ1) is 13.9. The van der Waals surface area contributed by atoms with Gasteiger partial charge in [-0.05, 0) is 42.8 Å². The highest BCUT2D eigenvalue weighted by molar-refractivity contribution is 6.32. The Morgan fingerprint density at radius 3 is 2.72 bits per heavy atom. The summed E-state index contributed by atoms with van der Waals surface area (Å²) >= 11 is 6.27. The van der Waals surface area contributed by atoms with Gasteiger partial charge in [-0.15, -0.1) is 0 Å². The Morgan fingerprint density at radius 1 is 1.24 bits per heavy atom. The molecule has 8 heteroatoms. The predicted molar refractivity (Wildman–Crippen MR) is 107 cm³/mol. The number of aliphatic imine (C=N–C) groups is 1. The van der Waals surface area contributed by atoms with Gasteiger partial charge in [0.05, 0.1) is 19.2 Å². The van der Waals surface area contributed by atoms with Gasteiger partial charge >= 0.3 is 11.9 Å². The van der Waals surface area contributed by atoms with Crippen LogP contribution in [0, 0.1) is 6.92 Å². The van der Waals surface area contributed by atoms with E-state index >= 15 is 0 Å². The summed E-state index contributed by atoms with van der Waals surface area (Å²) in [6.07, 6.45) is 1.53. The molecule has 2 aromatic rings. The number of halogens is 1. The van der Waals surface area contributed by atoms with E-state index in [1.807, 2.05) is 31.2 Å². The summed E-state index contributed by atoms with van der Waals surface area (Å²) in [6, 6.07) is 10.7. The molecule has 29 heavy (non-hydrogen) atoms. The van der Waals surface area contributed by atoms with Gasteiger partial charge in [-0.1, -0.05) is 29.3 Å². The van der Waals surface area contributed by atoms with Crippen molar-refractivity contribution in [3.05, 3.63) is 63.8 Å². The van der Waals surface area contributed by atoms with E-state index < -0.39 is 11.9 Å². The van der Waals surface area contributed by atoms with Crippen molar-refractivity contribution in [3.8, 4) is 11.5 Å². The smallest absolute Gasteiger partial charge is 0.363 e. The summed E-state index contributed by atoms with van der Waals surface area (Å²) in [7, 11) is 2.69. The van der Waals surface area contributed by atoms with Gasteiger partial charge < -0.3 is 18.9 Å². The fourth-order valence-corrected chi connectivity index (χ4v) is 2.90. The summed E-state index contributed by atoms with van der Waals surface area (Å²) in [6.45, 7) is 1.62. The maximum atomic E-state index is 12.2. The fraction of sp³-hybridized carbons (Fsp3) is 0.190. The van der Waals surface area contributed by atoms with Gasteiger partial charge in [0.25, 0.3) is 0 Å². The zero-order valence-electron chi connectivity index (χ0n) is 16.0. The van der Waals surface area contributed by atoms with E-state index in [1.165, 1.54) is 20.3 Å². The standard InChI is InChI=1S/C21H18ClNO6/c1-12-5-4-6-14(7-12)20-23-16(21(25)29-20)9-13-8-15(22)19(17(10-13)26-2)28-11-18(24)27-3/h4-10H,11H2,1-3H3. The van der Waals surface area contributed by atoms with Gasteiger partial charge in [0, 0.05) is 5.56 Å². The first-order valence-corrected chi connectivity index (χ1v) is 8.96. The molecule has 0 radical (unpaired) electrons. The highest BCUT2D eigenvalue weighted by atomic mass is 35.5. The van der Waals surface area contributed by atoms with Crippen LogP contribution >= 0.6 is 11.6 Å². The van der Waals surface area contributed by atoms with Crippen molar-refractivity contribution in [2.75, 3.05) is 20.8 Å². The molecule has 1 aliphatic rings. The van der Waals surface area contributed by atoms with Gasteiger partial charge in [-0.25, -0.2) is 14.6 Å². The predicted octanol–water partition coefficient (Wildman–Crippen LogP) is 3.55. The molecule has 0 saturated carbocycles. The van der Waals surface area contributed by atoms with Crippen molar-refractivity contribution < 1.29 is 28.5 Å². The lowest BCUT2D eigenvalue weighted by atomic mass is 10.1. The molecule has 7 nitrogen and oxygen atoms in total. The third-order valence-corrected chi connectivity index (χ3v) is 4.28. The van der Waals surface area contributed by atoms with Crippen LogP contribution < -0.4 is 9.47 Å². The number of nitrogens with zero attached hydrogens (tertiary/aromatic N) is 1. The lowest BCUT2D eigenvalue weighted by molar-refractivity contribution is -0.143. The molecule has 0 spiro atoms. The maximum Gasteiger partial charge on any atom is 0.363 e. The molecule has 0 unspecified atom stereocenters. The minimum absolute atomic E-state index is 0.128. The van der Waals surface area contributed by atoms with Crippen LogP contribution in [-0.2, 0) is 19.1 Å². The minimum atomic E-state index is -0.567. The van der Waals surface area contributed by atoms with Crippen LogP contribution in [-0.4, -0.2) is 38.7 Å². The molecule has 0 N–H and O–H groups in total. The lowest BCUT2D eigenvalue weighted by Gasteiger charge is -2.12. The zero-order chi connectivity index (χ0) is 21.0. The number of hydrogen-bond donors (Lipinski definition) is 0. The quantitative estimate of drug-likeness (QED) is 0.530. The number of carbonyl (C=O) groups excluding carboxylic acids is 2. The minimum Gasteiger partial charge on any atom is -0.493 e. The molecule has 150 valence electrons. The number of esters is 2. The summed E-state index contributed by atoms with van der Waals surface area (Å²) in [5.74, 6) is -0.396. The van der Waals surface area contributed by atoms with Crippen molar-refractivity contribution in [2.24, 2.45) is 4.99 Å². The molecule has 0 saturated heterocycles. The van der Waals surface area contributed by atoms with Crippen LogP contribution in [0.4, 0.5) is 0 Å². The van der Waals surface area contributed by atoms with Gasteiger partial charge in [-0.2, -0.15) is 0 Å². The number of rotatable bonds is 6. The van der Waals surface area contributed by atoms with Gasteiger partial charge in [0.1, 0.15) is 0 Å². The molecule has 0 bridgehead atoms. The number of methoxy groups -OCH3 is 2. The Morgan fingerprint density at radius 2 is 2.03 bits per heavy atom. The molecule has 0 atom stereocenters. The highest BCUT2D eigenvalue weighted by Crippen LogP contribution is 2.37. The Labute approximate surface area is 172 Å². The van der Waals surface area contributed by atoms with Crippen molar-refractivity contribution in [3.63, 3.8) is 0 Å². The molecule has 0 fully saturated rings. The molecule has 0 amide bonds. The van der Waals surface area contributed by atoms with Crippen LogP contribution in [0.3, 0.4) is 0 Å². The van der Waals surface area contributed by atoms with Gasteiger partial charge in [0.2, 0.25) is 5.90 Å². The molecular formula is C21H18ClNO6. The SMILES string of the molecule is COC(=O)COc1c(Cl)cc(C=C2N=C(c3cccc(C)c3)OC2=O)cc1OC. The number of hydrogen-bond acceptors (Lipinski definition) is 7. The van der Waals surface area contributed by atoms with Crippen LogP contribution in [0.1, 0.15) is 16.7 Å². The number of benzene rings is 2. The van der Waals surface area contributed by atoms with E-state index in [-0.39, 0.29) is 29.0 Å². The molecule has 1 heterocycles. The van der Waals surface area contributed by atoms with Crippen molar-refractivity contribution in [1.82, 2.24) is 0 Å². The van der Waals surface area contributed by atoms with E-state index in [0.717, 1.165) is 5.56 Å². The number of ether oxygens (including phenoxy) is 4. The largest absolute Gasteiger partial charge is 0.493 e. The van der Waals surface area contributed by atoms with E-state index in [4.69, 9.17) is 25.8 Å². The molecule has 2 aromatic carbocycles. The molecule has 0 aliphatic carbocycles. The summed E-state index contributed by atoms with van der Waals surface area (Å²) in [4.78, 5) is 27.8. The Balaban J connectivity index is 1.90. The maximum absolute atomic E-state index is 12.2. The van der Waals surface area contributed by atoms with E-state index in [0.29, 0.717) is 16.9 Å². The zero-order valence-corrected chi connectivity index (χ0v) is 16.8. The Hall–Kier alpha value is -3.32. The highest BCUT2D eigenvalue weighted by Gasteiger charge is 2.24. The summed E-state index contributed by atoms with van der Waals surface area (Å²) in [5.41, 5.74) is 2.42. The average molecular weight is 416 g/mol. The van der Waals surface area contributed by atoms with Gasteiger partial charge in [-0.3, -0.25) is 0 Å². The first-order valence-electron chi connectivity index (χ1n) is 8.58.